The van der Waals surface area contributed by atoms with Gasteiger partial charge >= 0.3 is 0 Å². The number of benzene rings is 1. The van der Waals surface area contributed by atoms with Gasteiger partial charge in [-0.1, -0.05) is 30.3 Å². The predicted octanol–water partition coefficient (Wildman–Crippen LogP) is 1.40. The number of fused-ring (bicyclic) bond motifs is 1. The molecule has 2 aliphatic rings. The molecule has 20 heavy (non-hydrogen) atoms. The molecule has 0 amide bonds. The Balaban J connectivity index is 1.62. The fourth-order valence-corrected chi connectivity index (χ4v) is 4.40. The molecule has 1 aromatic rings. The van der Waals surface area contributed by atoms with Gasteiger partial charge in [0.2, 0.25) is 10.0 Å². The molecule has 0 aliphatic carbocycles. The van der Waals surface area contributed by atoms with E-state index < -0.39 is 10.0 Å². The minimum absolute atomic E-state index is 0.502. The van der Waals surface area contributed by atoms with Gasteiger partial charge in [-0.05, 0) is 23.8 Å². The number of hydrogen-bond acceptors (Lipinski definition) is 3. The van der Waals surface area contributed by atoms with Crippen LogP contribution < -0.4 is 0 Å². The summed E-state index contributed by atoms with van der Waals surface area (Å²) < 4.78 is 25.0. The summed E-state index contributed by atoms with van der Waals surface area (Å²) in [5.74, 6) is 1.17. The maximum atomic E-state index is 11.7. The highest BCUT2D eigenvalue weighted by Gasteiger charge is 2.38. The van der Waals surface area contributed by atoms with Crippen LogP contribution in [0.2, 0.25) is 0 Å². The van der Waals surface area contributed by atoms with Crippen LogP contribution in [0.4, 0.5) is 0 Å². The van der Waals surface area contributed by atoms with E-state index in [9.17, 15) is 8.42 Å². The van der Waals surface area contributed by atoms with Crippen molar-refractivity contribution in [2.45, 2.75) is 13.0 Å². The van der Waals surface area contributed by atoms with Gasteiger partial charge in [-0.25, -0.2) is 12.7 Å². The Morgan fingerprint density at radius 1 is 1.10 bits per heavy atom. The predicted molar refractivity (Wildman–Crippen MR) is 79.7 cm³/mol. The number of nitrogens with zero attached hydrogens (tertiary/aromatic N) is 2. The molecule has 110 valence electrons. The van der Waals surface area contributed by atoms with Gasteiger partial charge in [0.15, 0.2) is 0 Å². The van der Waals surface area contributed by atoms with Crippen molar-refractivity contribution in [3.8, 4) is 0 Å². The lowest BCUT2D eigenvalue weighted by Crippen LogP contribution is -2.42. The van der Waals surface area contributed by atoms with Crippen LogP contribution in [0.1, 0.15) is 12.0 Å². The fourth-order valence-electron chi connectivity index (χ4n) is 3.50. The first-order valence-corrected chi connectivity index (χ1v) is 9.08. The normalized spacial score (nSPS) is 28.4. The van der Waals surface area contributed by atoms with E-state index in [0.717, 1.165) is 26.1 Å². The Labute approximate surface area is 121 Å². The maximum absolute atomic E-state index is 11.7. The zero-order chi connectivity index (χ0) is 14.2. The summed E-state index contributed by atoms with van der Waals surface area (Å²) in [6.07, 6.45) is 2.33. The quantitative estimate of drug-likeness (QED) is 0.846. The summed E-state index contributed by atoms with van der Waals surface area (Å²) in [7, 11) is -3.03. The topological polar surface area (TPSA) is 40.6 Å². The molecule has 2 aliphatic heterocycles. The molecule has 0 N–H and O–H groups in total. The maximum Gasteiger partial charge on any atom is 0.211 e. The molecule has 0 spiro atoms. The van der Waals surface area contributed by atoms with Gasteiger partial charge in [0.1, 0.15) is 0 Å². The Bertz CT molecular complexity index is 558. The Kier molecular flexibility index (Phi) is 3.84. The first kappa shape index (κ1) is 14.0. The molecule has 0 radical (unpaired) electrons. The van der Waals surface area contributed by atoms with Crippen LogP contribution in [0.25, 0.3) is 0 Å². The summed E-state index contributed by atoms with van der Waals surface area (Å²) >= 11 is 0. The lowest BCUT2D eigenvalue weighted by atomic mass is 9.90. The number of sulfonamides is 1. The van der Waals surface area contributed by atoms with E-state index in [4.69, 9.17) is 0 Å². The average molecular weight is 294 g/mol. The molecule has 1 aromatic carbocycles. The fraction of sp³-hybridized carbons (Fsp3) is 0.600. The van der Waals surface area contributed by atoms with Crippen molar-refractivity contribution >= 4 is 10.0 Å². The van der Waals surface area contributed by atoms with Crippen LogP contribution >= 0.6 is 0 Å². The minimum Gasteiger partial charge on any atom is -0.298 e. The van der Waals surface area contributed by atoms with E-state index in [1.807, 2.05) is 6.07 Å². The van der Waals surface area contributed by atoms with Crippen LogP contribution in [0.15, 0.2) is 30.3 Å². The van der Waals surface area contributed by atoms with Crippen molar-refractivity contribution in [1.82, 2.24) is 9.21 Å². The van der Waals surface area contributed by atoms with Crippen LogP contribution in [0.5, 0.6) is 0 Å². The molecule has 2 unspecified atom stereocenters. The standard InChI is InChI=1S/C15H22N2O2S/c1-20(18,19)17-8-7-14-10-16(11-15(14)12-17)9-13-5-3-2-4-6-13/h2-6,14-15H,7-12H2,1H3. The highest BCUT2D eigenvalue weighted by atomic mass is 32.2. The highest BCUT2D eigenvalue weighted by molar-refractivity contribution is 7.88. The van der Waals surface area contributed by atoms with Crippen LogP contribution in [0, 0.1) is 11.8 Å². The molecule has 4 nitrogen and oxygen atoms in total. The van der Waals surface area contributed by atoms with Gasteiger partial charge in [0, 0.05) is 32.7 Å². The van der Waals surface area contributed by atoms with Crippen LogP contribution in [-0.4, -0.2) is 50.1 Å². The lowest BCUT2D eigenvalue weighted by molar-refractivity contribution is 0.229. The molecule has 2 heterocycles. The van der Waals surface area contributed by atoms with Crippen LogP contribution in [0.3, 0.4) is 0 Å². The van der Waals surface area contributed by atoms with Crippen molar-refractivity contribution in [3.05, 3.63) is 35.9 Å². The molecular formula is C15H22N2O2S. The van der Waals surface area contributed by atoms with Gasteiger partial charge < -0.3 is 0 Å². The Morgan fingerprint density at radius 3 is 2.50 bits per heavy atom. The zero-order valence-electron chi connectivity index (χ0n) is 11.9. The van der Waals surface area contributed by atoms with E-state index in [0.29, 0.717) is 24.9 Å². The molecule has 2 saturated heterocycles. The number of piperidine rings is 1. The summed E-state index contributed by atoms with van der Waals surface area (Å²) in [4.78, 5) is 2.47. The molecule has 2 fully saturated rings. The van der Waals surface area contributed by atoms with Gasteiger partial charge in [-0.15, -0.1) is 0 Å². The van der Waals surface area contributed by atoms with Crippen molar-refractivity contribution in [1.29, 1.82) is 0 Å². The largest absolute Gasteiger partial charge is 0.298 e. The molecular weight excluding hydrogens is 272 g/mol. The molecule has 3 rings (SSSR count). The smallest absolute Gasteiger partial charge is 0.211 e. The van der Waals surface area contributed by atoms with Gasteiger partial charge in [-0.3, -0.25) is 4.90 Å². The summed E-state index contributed by atoms with van der Waals surface area (Å²) in [5.41, 5.74) is 1.34. The first-order chi connectivity index (χ1) is 9.52. The third kappa shape index (κ3) is 3.05. The number of hydrogen-bond donors (Lipinski definition) is 0. The summed E-state index contributed by atoms with van der Waals surface area (Å²) in [6, 6.07) is 10.5. The lowest BCUT2D eigenvalue weighted by Gasteiger charge is -2.32. The summed E-state index contributed by atoms with van der Waals surface area (Å²) in [6.45, 7) is 4.50. The van der Waals surface area contributed by atoms with Crippen molar-refractivity contribution in [2.75, 3.05) is 32.4 Å². The van der Waals surface area contributed by atoms with E-state index in [2.05, 4.69) is 29.2 Å². The average Bonchev–Trinajstić information content (AvgIpc) is 2.80. The van der Waals surface area contributed by atoms with E-state index in [-0.39, 0.29) is 0 Å². The second-order valence-electron chi connectivity index (χ2n) is 6.11. The second-order valence-corrected chi connectivity index (χ2v) is 8.09. The van der Waals surface area contributed by atoms with E-state index in [1.165, 1.54) is 11.8 Å². The van der Waals surface area contributed by atoms with Gasteiger partial charge in [0.05, 0.1) is 6.26 Å². The van der Waals surface area contributed by atoms with Crippen molar-refractivity contribution in [3.63, 3.8) is 0 Å². The van der Waals surface area contributed by atoms with E-state index in [1.54, 1.807) is 4.31 Å². The second kappa shape index (κ2) is 5.47. The monoisotopic (exact) mass is 294 g/mol. The van der Waals surface area contributed by atoms with Crippen molar-refractivity contribution in [2.24, 2.45) is 11.8 Å². The molecule has 0 aromatic heterocycles. The van der Waals surface area contributed by atoms with Crippen LogP contribution in [-0.2, 0) is 16.6 Å². The number of likely N-dealkylation sites (tertiary alicyclic amines) is 1. The SMILES string of the molecule is CS(=O)(=O)N1CCC2CN(Cc3ccccc3)CC2C1. The van der Waals surface area contributed by atoms with E-state index >= 15 is 0 Å². The first-order valence-electron chi connectivity index (χ1n) is 7.24. The van der Waals surface area contributed by atoms with Crippen molar-refractivity contribution < 1.29 is 8.42 Å². The van der Waals surface area contributed by atoms with Gasteiger partial charge in [0.25, 0.3) is 0 Å². The third-order valence-electron chi connectivity index (χ3n) is 4.56. The molecule has 0 bridgehead atoms. The molecule has 0 saturated carbocycles. The van der Waals surface area contributed by atoms with Gasteiger partial charge in [-0.2, -0.15) is 0 Å². The number of rotatable bonds is 3. The Hall–Kier alpha value is -0.910. The zero-order valence-corrected chi connectivity index (χ0v) is 12.7. The summed E-state index contributed by atoms with van der Waals surface area (Å²) in [5, 5.41) is 0. The molecule has 5 heteroatoms. The minimum atomic E-state index is -3.03. The third-order valence-corrected chi connectivity index (χ3v) is 5.83. The Morgan fingerprint density at radius 2 is 1.80 bits per heavy atom. The molecule has 2 atom stereocenters. The highest BCUT2D eigenvalue weighted by Crippen LogP contribution is 2.32.